The average molecular weight is 631 g/mol. The van der Waals surface area contributed by atoms with E-state index in [0.29, 0.717) is 30.0 Å². The molecule has 2 aliphatic carbocycles. The Bertz CT molecular complexity index is 1840. The lowest BCUT2D eigenvalue weighted by Crippen LogP contribution is -2.55. The van der Waals surface area contributed by atoms with E-state index >= 15 is 0 Å². The molecule has 47 heavy (non-hydrogen) atoms. The third kappa shape index (κ3) is 6.21. The number of hydrogen-bond donors (Lipinski definition) is 2. The molecule has 2 fully saturated rings. The van der Waals surface area contributed by atoms with Gasteiger partial charge in [-0.3, -0.25) is 19.4 Å². The molecule has 1 aliphatic heterocycles. The second-order valence-corrected chi connectivity index (χ2v) is 13.3. The van der Waals surface area contributed by atoms with Crippen LogP contribution in [0.5, 0.6) is 0 Å². The molecule has 242 valence electrons. The Morgan fingerprint density at radius 3 is 2.51 bits per heavy atom. The number of amides is 2. The fourth-order valence-electron chi connectivity index (χ4n) is 7.92. The van der Waals surface area contributed by atoms with Gasteiger partial charge in [0.15, 0.2) is 0 Å². The number of hydrogen-bond acceptors (Lipinski definition) is 5. The van der Waals surface area contributed by atoms with Gasteiger partial charge in [-0.05, 0) is 98.0 Å². The van der Waals surface area contributed by atoms with Crippen molar-refractivity contribution >= 4 is 40.4 Å². The Morgan fingerprint density at radius 2 is 1.74 bits per heavy atom. The first kappa shape index (κ1) is 30.9. The number of carbonyl (C=O) groups excluding carboxylic acids is 3. The standard InChI is InChI=1S/C39H42N4O4/c1-26(44)47-24-19-27-13-16-30(17-14-27)41-38(46)39(20-5-6-21-39)42-37(45)29-15-18-32-34(25-29)43-23-8-12-33-31(11-7-22-40-33)36(43)35(32)28-9-3-2-4-10-28/h7,11,13-19,22,24-25,28H,2-6,8-10,12,20-21,23H2,1H3,(H,41,46)(H,42,45). The number of rotatable bonds is 7. The van der Waals surface area contributed by atoms with Crippen LogP contribution < -0.4 is 10.6 Å². The SMILES string of the molecule is CC(=O)OC=Cc1ccc(NC(=O)C2(NC(=O)c3ccc4c(C5CCCCC5)c5n(c4c3)CCCc3ncccc3-5)CCCC2)cc1. The zero-order valence-electron chi connectivity index (χ0n) is 27.0. The highest BCUT2D eigenvalue weighted by molar-refractivity contribution is 6.06. The molecule has 2 aromatic heterocycles. The zero-order valence-corrected chi connectivity index (χ0v) is 27.0. The lowest BCUT2D eigenvalue weighted by atomic mass is 9.81. The Hall–Kier alpha value is -4.72. The smallest absolute Gasteiger partial charge is 0.307 e. The highest BCUT2D eigenvalue weighted by Crippen LogP contribution is 2.46. The predicted octanol–water partition coefficient (Wildman–Crippen LogP) is 7.91. The minimum absolute atomic E-state index is 0.201. The Morgan fingerprint density at radius 1 is 0.957 bits per heavy atom. The van der Waals surface area contributed by atoms with Gasteiger partial charge in [-0.1, -0.05) is 50.3 Å². The molecular formula is C39H42N4O4. The van der Waals surface area contributed by atoms with E-state index in [9.17, 15) is 14.4 Å². The van der Waals surface area contributed by atoms with Crippen LogP contribution in [0.4, 0.5) is 5.69 Å². The van der Waals surface area contributed by atoms with Crippen molar-refractivity contribution in [1.29, 1.82) is 0 Å². The summed E-state index contributed by atoms with van der Waals surface area (Å²) in [7, 11) is 0. The van der Waals surface area contributed by atoms with Crippen molar-refractivity contribution < 1.29 is 19.1 Å². The molecule has 3 heterocycles. The normalized spacial score (nSPS) is 17.6. The first-order valence-electron chi connectivity index (χ1n) is 17.1. The van der Waals surface area contributed by atoms with Gasteiger partial charge in [-0.2, -0.15) is 0 Å². The van der Waals surface area contributed by atoms with Gasteiger partial charge in [0.1, 0.15) is 5.54 Å². The summed E-state index contributed by atoms with van der Waals surface area (Å²) in [4.78, 5) is 43.5. The molecule has 0 spiro atoms. The van der Waals surface area contributed by atoms with Crippen molar-refractivity contribution in [3.63, 3.8) is 0 Å². The molecule has 2 aromatic carbocycles. The predicted molar refractivity (Wildman–Crippen MR) is 184 cm³/mol. The molecule has 7 rings (SSSR count). The summed E-state index contributed by atoms with van der Waals surface area (Å²) in [5.74, 6) is -0.309. The highest BCUT2D eigenvalue weighted by Gasteiger charge is 2.43. The molecule has 2 amide bonds. The van der Waals surface area contributed by atoms with E-state index in [1.165, 1.54) is 67.5 Å². The van der Waals surface area contributed by atoms with Gasteiger partial charge in [0.2, 0.25) is 5.91 Å². The van der Waals surface area contributed by atoms with E-state index in [2.05, 4.69) is 27.3 Å². The molecule has 0 unspecified atom stereocenters. The second-order valence-electron chi connectivity index (χ2n) is 13.3. The van der Waals surface area contributed by atoms with Gasteiger partial charge < -0.3 is 19.9 Å². The minimum Gasteiger partial charge on any atom is -0.435 e. The van der Waals surface area contributed by atoms with E-state index in [0.717, 1.165) is 49.0 Å². The summed E-state index contributed by atoms with van der Waals surface area (Å²) >= 11 is 0. The molecule has 0 saturated heterocycles. The lowest BCUT2D eigenvalue weighted by Gasteiger charge is -2.29. The number of aryl methyl sites for hydroxylation is 2. The number of nitrogens with one attached hydrogen (secondary N) is 2. The molecule has 8 heteroatoms. The van der Waals surface area contributed by atoms with E-state index in [1.54, 1.807) is 18.2 Å². The first-order chi connectivity index (χ1) is 22.9. The number of anilines is 1. The Labute approximate surface area is 275 Å². The molecule has 8 nitrogen and oxygen atoms in total. The molecule has 0 bridgehead atoms. The molecule has 0 atom stereocenters. The average Bonchev–Trinajstić information content (AvgIpc) is 3.63. The number of carbonyl (C=O) groups is 3. The van der Waals surface area contributed by atoms with Crippen molar-refractivity contribution in [1.82, 2.24) is 14.9 Å². The first-order valence-corrected chi connectivity index (χ1v) is 17.1. The third-order valence-electron chi connectivity index (χ3n) is 10.2. The topological polar surface area (TPSA) is 102 Å². The van der Waals surface area contributed by atoms with Crippen LogP contribution in [-0.4, -0.2) is 32.9 Å². The Kier molecular flexibility index (Phi) is 8.67. The number of benzene rings is 2. The van der Waals surface area contributed by atoms with Crippen LogP contribution in [0.25, 0.3) is 28.2 Å². The second kappa shape index (κ2) is 13.2. The van der Waals surface area contributed by atoms with Crippen molar-refractivity contribution in [2.75, 3.05) is 5.32 Å². The van der Waals surface area contributed by atoms with Crippen molar-refractivity contribution in [3.8, 4) is 11.3 Å². The summed E-state index contributed by atoms with van der Waals surface area (Å²) in [5.41, 5.74) is 7.25. The monoisotopic (exact) mass is 630 g/mol. The number of fused-ring (bicyclic) bond motifs is 5. The van der Waals surface area contributed by atoms with Crippen LogP contribution >= 0.6 is 0 Å². The number of ether oxygens (including phenoxy) is 1. The minimum atomic E-state index is -0.978. The van der Waals surface area contributed by atoms with Crippen LogP contribution in [-0.2, 0) is 27.3 Å². The van der Waals surface area contributed by atoms with E-state index < -0.39 is 5.54 Å². The molecular weight excluding hydrogens is 588 g/mol. The quantitative estimate of drug-likeness (QED) is 0.160. The molecule has 0 radical (unpaired) electrons. The van der Waals surface area contributed by atoms with Crippen LogP contribution in [0, 0.1) is 0 Å². The van der Waals surface area contributed by atoms with Crippen LogP contribution in [0.2, 0.25) is 0 Å². The van der Waals surface area contributed by atoms with Gasteiger partial charge >= 0.3 is 5.97 Å². The van der Waals surface area contributed by atoms with Crippen molar-refractivity contribution in [3.05, 3.63) is 89.4 Å². The van der Waals surface area contributed by atoms with Gasteiger partial charge in [-0.15, -0.1) is 0 Å². The number of pyridine rings is 1. The molecule has 2 saturated carbocycles. The third-order valence-corrected chi connectivity index (χ3v) is 10.2. The van der Waals surface area contributed by atoms with E-state index in [1.807, 2.05) is 36.5 Å². The summed E-state index contributed by atoms with van der Waals surface area (Å²) < 4.78 is 7.30. The van der Waals surface area contributed by atoms with Crippen LogP contribution in [0.15, 0.2) is 67.1 Å². The molecule has 3 aliphatic rings. The number of esters is 1. The fraction of sp³-hybridized carbons (Fsp3) is 0.385. The largest absolute Gasteiger partial charge is 0.435 e. The van der Waals surface area contributed by atoms with Gasteiger partial charge in [-0.25, -0.2) is 0 Å². The maximum absolute atomic E-state index is 14.0. The van der Waals surface area contributed by atoms with Gasteiger partial charge in [0, 0.05) is 53.1 Å². The fourth-order valence-corrected chi connectivity index (χ4v) is 7.92. The van der Waals surface area contributed by atoms with Crippen molar-refractivity contribution in [2.24, 2.45) is 0 Å². The summed E-state index contributed by atoms with van der Waals surface area (Å²) in [6.45, 7) is 2.23. The highest BCUT2D eigenvalue weighted by atomic mass is 16.5. The summed E-state index contributed by atoms with van der Waals surface area (Å²) in [5, 5.41) is 7.46. The summed E-state index contributed by atoms with van der Waals surface area (Å²) in [6, 6.07) is 17.7. The zero-order chi connectivity index (χ0) is 32.4. The van der Waals surface area contributed by atoms with E-state index in [-0.39, 0.29) is 17.8 Å². The van der Waals surface area contributed by atoms with Gasteiger partial charge in [0.05, 0.1) is 12.0 Å². The number of aromatic nitrogens is 2. The Balaban J connectivity index is 1.17. The molecule has 2 N–H and O–H groups in total. The van der Waals surface area contributed by atoms with E-state index in [4.69, 9.17) is 9.72 Å². The lowest BCUT2D eigenvalue weighted by molar-refractivity contribution is -0.135. The van der Waals surface area contributed by atoms with Gasteiger partial charge in [0.25, 0.3) is 5.91 Å². The van der Waals surface area contributed by atoms with Crippen molar-refractivity contribution in [2.45, 2.75) is 95.6 Å². The van der Waals surface area contributed by atoms with Crippen LogP contribution in [0.1, 0.15) is 104 Å². The molecule has 4 aromatic rings. The number of nitrogens with zero attached hydrogens (tertiary/aromatic N) is 2. The van der Waals surface area contributed by atoms with Crippen LogP contribution in [0.3, 0.4) is 0 Å². The maximum atomic E-state index is 14.0. The summed E-state index contributed by atoms with van der Waals surface area (Å²) in [6.07, 6.45) is 15.9. The maximum Gasteiger partial charge on any atom is 0.307 e.